The van der Waals surface area contributed by atoms with Gasteiger partial charge in [0, 0.05) is 50.8 Å². The summed E-state index contributed by atoms with van der Waals surface area (Å²) in [6.07, 6.45) is 9.32. The van der Waals surface area contributed by atoms with Crippen LogP contribution in [0.1, 0.15) is 34.7 Å². The van der Waals surface area contributed by atoms with E-state index in [4.69, 9.17) is 5.10 Å². The first-order valence-corrected chi connectivity index (χ1v) is 11.3. The lowest BCUT2D eigenvalue weighted by atomic mass is 10.2. The summed E-state index contributed by atoms with van der Waals surface area (Å²) in [6.45, 7) is 3.70. The van der Waals surface area contributed by atoms with Gasteiger partial charge in [-0.1, -0.05) is 6.07 Å². The number of rotatable bonds is 5. The molecule has 1 aliphatic carbocycles. The van der Waals surface area contributed by atoms with Crippen molar-refractivity contribution < 1.29 is 4.79 Å². The molecule has 10 heteroatoms. The van der Waals surface area contributed by atoms with Crippen molar-refractivity contribution in [2.75, 3.05) is 43.4 Å². The Morgan fingerprint density at radius 1 is 1.06 bits per heavy atom. The third kappa shape index (κ3) is 3.82. The van der Waals surface area contributed by atoms with Crippen LogP contribution in [0.5, 0.6) is 0 Å². The number of piperazine rings is 1. The standard InChI is InChI=1S/C23H25N9O/c1-29-9-11-30(12-10-29)21-13-20(27-23(33)18-15-26-31-8-2-7-24-22(18)31)32(28-21)19-6-5-17(14-25-19)16-3-4-16/h2,5-8,13-16H,3-4,9-12H2,1H3,(H,27,33). The summed E-state index contributed by atoms with van der Waals surface area (Å²) in [5, 5.41) is 12.1. The number of likely N-dealkylation sites (N-methyl/N-ethyl adjacent to an activating group) is 1. The van der Waals surface area contributed by atoms with Gasteiger partial charge in [-0.2, -0.15) is 9.78 Å². The van der Waals surface area contributed by atoms with E-state index in [1.165, 1.54) is 24.6 Å². The van der Waals surface area contributed by atoms with Crippen molar-refractivity contribution >= 4 is 23.2 Å². The Kier molecular flexibility index (Phi) is 4.79. The van der Waals surface area contributed by atoms with Crippen molar-refractivity contribution in [1.29, 1.82) is 0 Å². The summed E-state index contributed by atoms with van der Waals surface area (Å²) >= 11 is 0. The van der Waals surface area contributed by atoms with Gasteiger partial charge in [-0.05, 0) is 43.5 Å². The predicted octanol–water partition coefficient (Wildman–Crippen LogP) is 2.19. The van der Waals surface area contributed by atoms with E-state index in [9.17, 15) is 4.79 Å². The molecule has 6 rings (SSSR count). The smallest absolute Gasteiger partial charge is 0.262 e. The number of pyridine rings is 1. The number of nitrogens with zero attached hydrogens (tertiary/aromatic N) is 8. The lowest BCUT2D eigenvalue weighted by molar-refractivity contribution is 0.102. The van der Waals surface area contributed by atoms with Crippen molar-refractivity contribution in [2.45, 2.75) is 18.8 Å². The van der Waals surface area contributed by atoms with E-state index in [0.717, 1.165) is 32.0 Å². The van der Waals surface area contributed by atoms with Crippen LogP contribution in [0.15, 0.2) is 49.1 Å². The molecule has 0 bridgehead atoms. The minimum atomic E-state index is -0.288. The van der Waals surface area contributed by atoms with Gasteiger partial charge in [-0.3, -0.25) is 4.79 Å². The maximum Gasteiger partial charge on any atom is 0.262 e. The quantitative estimate of drug-likeness (QED) is 0.505. The summed E-state index contributed by atoms with van der Waals surface area (Å²) in [5.74, 6) is 2.41. The Morgan fingerprint density at radius 3 is 2.67 bits per heavy atom. The fourth-order valence-electron chi connectivity index (χ4n) is 4.17. The van der Waals surface area contributed by atoms with Crippen molar-refractivity contribution in [1.82, 2.24) is 34.3 Å². The summed E-state index contributed by atoms with van der Waals surface area (Å²) in [4.78, 5) is 26.7. The molecule has 168 valence electrons. The fourth-order valence-corrected chi connectivity index (χ4v) is 4.17. The fraction of sp³-hybridized carbons (Fsp3) is 0.348. The van der Waals surface area contributed by atoms with E-state index in [1.54, 1.807) is 27.7 Å². The number of carbonyl (C=O) groups excluding carboxylic acids is 1. The van der Waals surface area contributed by atoms with E-state index < -0.39 is 0 Å². The van der Waals surface area contributed by atoms with Gasteiger partial charge in [0.25, 0.3) is 5.91 Å². The van der Waals surface area contributed by atoms with Crippen LogP contribution in [0.4, 0.5) is 11.6 Å². The van der Waals surface area contributed by atoms with Gasteiger partial charge < -0.3 is 15.1 Å². The molecule has 1 aliphatic heterocycles. The molecule has 1 saturated heterocycles. The highest BCUT2D eigenvalue weighted by Crippen LogP contribution is 2.39. The Balaban J connectivity index is 1.34. The maximum absolute atomic E-state index is 13.2. The van der Waals surface area contributed by atoms with Crippen LogP contribution in [0.2, 0.25) is 0 Å². The van der Waals surface area contributed by atoms with E-state index in [2.05, 4.69) is 43.3 Å². The predicted molar refractivity (Wildman–Crippen MR) is 124 cm³/mol. The summed E-state index contributed by atoms with van der Waals surface area (Å²) in [7, 11) is 2.12. The van der Waals surface area contributed by atoms with Crippen LogP contribution >= 0.6 is 0 Å². The van der Waals surface area contributed by atoms with Crippen molar-refractivity contribution in [3.8, 4) is 5.82 Å². The molecule has 1 N–H and O–H groups in total. The second kappa shape index (κ2) is 7.96. The van der Waals surface area contributed by atoms with Crippen molar-refractivity contribution in [3.05, 3.63) is 60.2 Å². The van der Waals surface area contributed by atoms with Gasteiger partial charge in [-0.15, -0.1) is 5.10 Å². The normalized spacial score (nSPS) is 16.9. The lowest BCUT2D eigenvalue weighted by Gasteiger charge is -2.32. The first-order chi connectivity index (χ1) is 16.2. The number of fused-ring (bicyclic) bond motifs is 1. The van der Waals surface area contributed by atoms with Gasteiger partial charge in [0.15, 0.2) is 17.3 Å². The van der Waals surface area contributed by atoms with Gasteiger partial charge in [0.05, 0.1) is 6.20 Å². The third-order valence-corrected chi connectivity index (χ3v) is 6.33. The monoisotopic (exact) mass is 443 g/mol. The van der Waals surface area contributed by atoms with Crippen LogP contribution in [0, 0.1) is 0 Å². The molecule has 1 saturated carbocycles. The van der Waals surface area contributed by atoms with E-state index in [0.29, 0.717) is 28.8 Å². The van der Waals surface area contributed by atoms with Gasteiger partial charge in [0.2, 0.25) is 0 Å². The minimum Gasteiger partial charge on any atom is -0.353 e. The van der Waals surface area contributed by atoms with E-state index >= 15 is 0 Å². The summed E-state index contributed by atoms with van der Waals surface area (Å²) in [6, 6.07) is 7.77. The zero-order valence-corrected chi connectivity index (χ0v) is 18.4. The number of amides is 1. The average Bonchev–Trinajstić information content (AvgIpc) is 3.47. The Bertz CT molecular complexity index is 1300. The molecule has 1 amide bonds. The zero-order valence-electron chi connectivity index (χ0n) is 18.4. The van der Waals surface area contributed by atoms with E-state index in [1.807, 2.05) is 18.3 Å². The van der Waals surface area contributed by atoms with Crippen LogP contribution < -0.4 is 10.2 Å². The number of hydrogen-bond acceptors (Lipinski definition) is 7. The second-order valence-electron chi connectivity index (χ2n) is 8.71. The first-order valence-electron chi connectivity index (χ1n) is 11.3. The summed E-state index contributed by atoms with van der Waals surface area (Å²) in [5.41, 5.74) is 2.17. The molecule has 0 unspecified atom stereocenters. The number of hydrogen-bond donors (Lipinski definition) is 1. The average molecular weight is 444 g/mol. The second-order valence-corrected chi connectivity index (χ2v) is 8.71. The van der Waals surface area contributed by atoms with Gasteiger partial charge >= 0.3 is 0 Å². The number of carbonyl (C=O) groups is 1. The highest BCUT2D eigenvalue weighted by Gasteiger charge is 2.25. The molecule has 0 radical (unpaired) electrons. The maximum atomic E-state index is 13.2. The molecule has 33 heavy (non-hydrogen) atoms. The molecular weight excluding hydrogens is 418 g/mol. The topological polar surface area (TPSA) is 96.5 Å². The molecular formula is C23H25N9O. The molecule has 10 nitrogen and oxygen atoms in total. The lowest BCUT2D eigenvalue weighted by Crippen LogP contribution is -2.44. The minimum absolute atomic E-state index is 0.288. The molecule has 0 aromatic carbocycles. The summed E-state index contributed by atoms with van der Waals surface area (Å²) < 4.78 is 3.29. The van der Waals surface area contributed by atoms with Crippen LogP contribution in [0.25, 0.3) is 11.5 Å². The Labute approximate surface area is 190 Å². The molecule has 0 spiro atoms. The van der Waals surface area contributed by atoms with Crippen LogP contribution in [-0.4, -0.2) is 73.4 Å². The Morgan fingerprint density at radius 2 is 1.91 bits per heavy atom. The molecule has 4 aromatic heterocycles. The highest BCUT2D eigenvalue weighted by molar-refractivity contribution is 6.08. The zero-order chi connectivity index (χ0) is 22.4. The van der Waals surface area contributed by atoms with Crippen molar-refractivity contribution in [3.63, 3.8) is 0 Å². The molecule has 2 aliphatic rings. The van der Waals surface area contributed by atoms with E-state index in [-0.39, 0.29) is 5.91 Å². The van der Waals surface area contributed by atoms with Crippen LogP contribution in [-0.2, 0) is 0 Å². The SMILES string of the molecule is CN1CCN(c2cc(NC(=O)c3cnn4cccnc34)n(-c3ccc(C4CC4)cn3)n2)CC1. The van der Waals surface area contributed by atoms with Crippen LogP contribution in [0.3, 0.4) is 0 Å². The number of aromatic nitrogens is 6. The largest absolute Gasteiger partial charge is 0.353 e. The molecule has 2 fully saturated rings. The number of anilines is 2. The molecule has 5 heterocycles. The Hall–Kier alpha value is -3.79. The first kappa shape index (κ1) is 19.9. The number of nitrogens with one attached hydrogen (secondary N) is 1. The molecule has 4 aromatic rings. The van der Waals surface area contributed by atoms with Crippen molar-refractivity contribution in [2.24, 2.45) is 0 Å². The van der Waals surface area contributed by atoms with Gasteiger partial charge in [0.1, 0.15) is 11.4 Å². The highest BCUT2D eigenvalue weighted by atomic mass is 16.1. The molecule has 0 atom stereocenters. The third-order valence-electron chi connectivity index (χ3n) is 6.33. The van der Waals surface area contributed by atoms with Gasteiger partial charge in [-0.25, -0.2) is 14.5 Å².